The van der Waals surface area contributed by atoms with Crippen LogP contribution in [0.15, 0.2) is 36.4 Å². The first-order valence-electron chi connectivity index (χ1n) is 7.90. The van der Waals surface area contributed by atoms with Gasteiger partial charge in [0.15, 0.2) is 0 Å². The van der Waals surface area contributed by atoms with E-state index in [-0.39, 0.29) is 6.04 Å². The van der Waals surface area contributed by atoms with E-state index in [0.29, 0.717) is 0 Å². The Hall–Kier alpha value is -1.60. The van der Waals surface area contributed by atoms with Crippen LogP contribution in [0.3, 0.4) is 0 Å². The van der Waals surface area contributed by atoms with Crippen LogP contribution in [0.5, 0.6) is 0 Å². The number of hydrogen-bond acceptors (Lipinski definition) is 1. The molecule has 21 heavy (non-hydrogen) atoms. The highest BCUT2D eigenvalue weighted by molar-refractivity contribution is 5.42. The normalized spacial score (nSPS) is 12.4. The van der Waals surface area contributed by atoms with Crippen molar-refractivity contribution in [1.29, 1.82) is 0 Å². The molecule has 1 atom stereocenters. The molecule has 0 aromatic heterocycles. The van der Waals surface area contributed by atoms with Crippen LogP contribution >= 0.6 is 0 Å². The fraction of sp³-hybridized carbons (Fsp3) is 0.400. The van der Waals surface area contributed by atoms with Gasteiger partial charge in [-0.25, -0.2) is 0 Å². The number of aryl methyl sites for hydroxylation is 3. The molecule has 0 fully saturated rings. The molecule has 0 aliphatic carbocycles. The van der Waals surface area contributed by atoms with Crippen LogP contribution in [0.1, 0.15) is 52.8 Å². The lowest BCUT2D eigenvalue weighted by atomic mass is 9.91. The lowest BCUT2D eigenvalue weighted by Gasteiger charge is -2.23. The van der Waals surface area contributed by atoms with E-state index in [4.69, 9.17) is 0 Å². The highest BCUT2D eigenvalue weighted by atomic mass is 14.9. The maximum atomic E-state index is 3.72. The zero-order valence-corrected chi connectivity index (χ0v) is 14.0. The van der Waals surface area contributed by atoms with Crippen molar-refractivity contribution in [2.75, 3.05) is 6.54 Å². The molecule has 0 heterocycles. The Balaban J connectivity index is 2.49. The third-order valence-corrected chi connectivity index (χ3v) is 4.13. The fourth-order valence-electron chi connectivity index (χ4n) is 2.96. The molecule has 1 heteroatoms. The Morgan fingerprint density at radius 3 is 2.24 bits per heavy atom. The van der Waals surface area contributed by atoms with Gasteiger partial charge in [0.05, 0.1) is 6.04 Å². The van der Waals surface area contributed by atoms with Gasteiger partial charge < -0.3 is 5.32 Å². The van der Waals surface area contributed by atoms with Crippen molar-refractivity contribution in [3.05, 3.63) is 69.8 Å². The molecule has 0 radical (unpaired) electrons. The second kappa shape index (κ2) is 6.91. The summed E-state index contributed by atoms with van der Waals surface area (Å²) in [5.74, 6) is 0. The highest BCUT2D eigenvalue weighted by Gasteiger charge is 2.16. The minimum atomic E-state index is 0.281. The summed E-state index contributed by atoms with van der Waals surface area (Å²) < 4.78 is 0. The van der Waals surface area contributed by atoms with Crippen LogP contribution in [0.25, 0.3) is 0 Å². The van der Waals surface area contributed by atoms with E-state index in [1.807, 2.05) is 0 Å². The molecule has 0 amide bonds. The van der Waals surface area contributed by atoms with Gasteiger partial charge >= 0.3 is 0 Å². The third-order valence-electron chi connectivity index (χ3n) is 4.13. The molecular formula is C20H27N. The van der Waals surface area contributed by atoms with Gasteiger partial charge in [-0.1, -0.05) is 54.4 Å². The SMILES string of the molecule is CCCNC(c1cc(C)cc(C)c1)c1cccc(C)c1C. The van der Waals surface area contributed by atoms with Crippen molar-refractivity contribution < 1.29 is 0 Å². The molecule has 0 saturated carbocycles. The average Bonchev–Trinajstić information content (AvgIpc) is 2.42. The number of hydrogen-bond donors (Lipinski definition) is 1. The maximum Gasteiger partial charge on any atom is 0.0579 e. The molecule has 0 aliphatic heterocycles. The van der Waals surface area contributed by atoms with E-state index >= 15 is 0 Å². The van der Waals surface area contributed by atoms with Crippen LogP contribution < -0.4 is 5.32 Å². The molecule has 1 N–H and O–H groups in total. The molecule has 0 saturated heterocycles. The monoisotopic (exact) mass is 281 g/mol. The predicted octanol–water partition coefficient (Wildman–Crippen LogP) is 5.01. The average molecular weight is 281 g/mol. The first-order chi connectivity index (χ1) is 10.0. The molecule has 0 bridgehead atoms. The summed E-state index contributed by atoms with van der Waals surface area (Å²) in [6.45, 7) is 12.0. The Bertz CT molecular complexity index is 593. The Kier molecular flexibility index (Phi) is 5.19. The van der Waals surface area contributed by atoms with Gasteiger partial charge in [0.25, 0.3) is 0 Å². The van der Waals surface area contributed by atoms with Crippen LogP contribution in [0, 0.1) is 27.7 Å². The number of benzene rings is 2. The smallest absolute Gasteiger partial charge is 0.0579 e. The lowest BCUT2D eigenvalue weighted by molar-refractivity contribution is 0.595. The summed E-state index contributed by atoms with van der Waals surface area (Å²) in [4.78, 5) is 0. The van der Waals surface area contributed by atoms with Crippen molar-refractivity contribution in [1.82, 2.24) is 5.32 Å². The minimum Gasteiger partial charge on any atom is -0.306 e. The molecule has 0 aliphatic rings. The van der Waals surface area contributed by atoms with E-state index in [1.165, 1.54) is 33.4 Å². The van der Waals surface area contributed by atoms with Gasteiger partial charge in [-0.05, 0) is 62.9 Å². The fourth-order valence-corrected chi connectivity index (χ4v) is 2.96. The molecule has 1 nitrogen and oxygen atoms in total. The van der Waals surface area contributed by atoms with Crippen LogP contribution in [-0.4, -0.2) is 6.54 Å². The van der Waals surface area contributed by atoms with Crippen molar-refractivity contribution in [3.63, 3.8) is 0 Å². The second-order valence-corrected chi connectivity index (χ2v) is 6.10. The summed E-state index contributed by atoms with van der Waals surface area (Å²) >= 11 is 0. The molecule has 112 valence electrons. The largest absolute Gasteiger partial charge is 0.306 e. The topological polar surface area (TPSA) is 12.0 Å². The quantitative estimate of drug-likeness (QED) is 0.812. The lowest BCUT2D eigenvalue weighted by Crippen LogP contribution is -2.24. The second-order valence-electron chi connectivity index (χ2n) is 6.10. The van der Waals surface area contributed by atoms with Gasteiger partial charge in [0.1, 0.15) is 0 Å². The van der Waals surface area contributed by atoms with Crippen molar-refractivity contribution in [2.24, 2.45) is 0 Å². The number of nitrogens with one attached hydrogen (secondary N) is 1. The standard InChI is InChI=1S/C20H27N/c1-6-10-21-20(18-12-14(2)11-15(3)13-18)19-9-7-8-16(4)17(19)5/h7-9,11-13,20-21H,6,10H2,1-5H3. The first kappa shape index (κ1) is 15.8. The van der Waals surface area contributed by atoms with Gasteiger partial charge in [-0.3, -0.25) is 0 Å². The Morgan fingerprint density at radius 1 is 0.952 bits per heavy atom. The summed E-state index contributed by atoms with van der Waals surface area (Å²) in [6, 6.07) is 13.8. The highest BCUT2D eigenvalue weighted by Crippen LogP contribution is 2.28. The molecular weight excluding hydrogens is 254 g/mol. The molecule has 2 aromatic rings. The third kappa shape index (κ3) is 3.74. The van der Waals surface area contributed by atoms with E-state index in [0.717, 1.165) is 13.0 Å². The summed E-state index contributed by atoms with van der Waals surface area (Å²) in [5.41, 5.74) is 8.19. The summed E-state index contributed by atoms with van der Waals surface area (Å²) in [7, 11) is 0. The van der Waals surface area contributed by atoms with E-state index < -0.39 is 0 Å². The summed E-state index contributed by atoms with van der Waals surface area (Å²) in [5, 5.41) is 3.72. The van der Waals surface area contributed by atoms with Gasteiger partial charge in [-0.15, -0.1) is 0 Å². The zero-order chi connectivity index (χ0) is 15.4. The first-order valence-corrected chi connectivity index (χ1v) is 7.90. The minimum absolute atomic E-state index is 0.281. The number of rotatable bonds is 5. The zero-order valence-electron chi connectivity index (χ0n) is 14.0. The predicted molar refractivity (Wildman–Crippen MR) is 92.0 cm³/mol. The van der Waals surface area contributed by atoms with Crippen molar-refractivity contribution in [3.8, 4) is 0 Å². The van der Waals surface area contributed by atoms with Gasteiger partial charge in [-0.2, -0.15) is 0 Å². The van der Waals surface area contributed by atoms with E-state index in [2.05, 4.69) is 76.3 Å². The Morgan fingerprint density at radius 2 is 1.62 bits per heavy atom. The van der Waals surface area contributed by atoms with Crippen LogP contribution in [0.2, 0.25) is 0 Å². The van der Waals surface area contributed by atoms with Crippen LogP contribution in [0.4, 0.5) is 0 Å². The van der Waals surface area contributed by atoms with Gasteiger partial charge in [0.2, 0.25) is 0 Å². The van der Waals surface area contributed by atoms with Crippen molar-refractivity contribution >= 4 is 0 Å². The molecule has 2 aromatic carbocycles. The molecule has 1 unspecified atom stereocenters. The van der Waals surface area contributed by atoms with Gasteiger partial charge in [0, 0.05) is 0 Å². The van der Waals surface area contributed by atoms with Crippen molar-refractivity contribution in [2.45, 2.75) is 47.1 Å². The van der Waals surface area contributed by atoms with E-state index in [9.17, 15) is 0 Å². The Labute approximate surface area is 129 Å². The van der Waals surface area contributed by atoms with E-state index in [1.54, 1.807) is 0 Å². The summed E-state index contributed by atoms with van der Waals surface area (Å²) in [6.07, 6.45) is 1.15. The maximum absolute atomic E-state index is 3.72. The van der Waals surface area contributed by atoms with Crippen LogP contribution in [-0.2, 0) is 0 Å². The molecule has 2 rings (SSSR count). The molecule has 0 spiro atoms.